The first-order chi connectivity index (χ1) is 14.1. The fraction of sp³-hybridized carbons (Fsp3) is 0.381. The summed E-state index contributed by atoms with van der Waals surface area (Å²) in [5, 5.41) is 4.33. The number of hydrogen-bond donors (Lipinski definition) is 3. The SMILES string of the molecule is CN[C@H]1CC[C@@H](c2ccc(Cl)c(Cl)c2)c2ccc(NS(C)(=O)=O)c(CCC(N)=O)c21.Cl. The number of anilines is 1. The molecule has 0 spiro atoms. The van der Waals surface area contributed by atoms with Crippen molar-refractivity contribution in [1.82, 2.24) is 5.32 Å². The van der Waals surface area contributed by atoms with Crippen molar-refractivity contribution in [3.8, 4) is 0 Å². The van der Waals surface area contributed by atoms with Crippen LogP contribution in [0.15, 0.2) is 30.3 Å². The summed E-state index contributed by atoms with van der Waals surface area (Å²) in [4.78, 5) is 11.5. The van der Waals surface area contributed by atoms with E-state index in [0.717, 1.165) is 41.4 Å². The number of nitrogens with two attached hydrogens (primary N) is 1. The number of hydrogen-bond acceptors (Lipinski definition) is 4. The molecule has 0 unspecified atom stereocenters. The number of sulfonamides is 1. The van der Waals surface area contributed by atoms with Crippen LogP contribution in [0.5, 0.6) is 0 Å². The molecule has 0 saturated heterocycles. The minimum absolute atomic E-state index is 0. The van der Waals surface area contributed by atoms with Crippen molar-refractivity contribution in [2.24, 2.45) is 5.73 Å². The van der Waals surface area contributed by atoms with Crippen LogP contribution in [0.25, 0.3) is 0 Å². The van der Waals surface area contributed by atoms with Gasteiger partial charge in [0.1, 0.15) is 0 Å². The van der Waals surface area contributed by atoms with E-state index in [-0.39, 0.29) is 30.8 Å². The molecule has 2 atom stereocenters. The fourth-order valence-corrected chi connectivity index (χ4v) is 5.11. The van der Waals surface area contributed by atoms with Gasteiger partial charge in [0.05, 0.1) is 22.0 Å². The van der Waals surface area contributed by atoms with Gasteiger partial charge in [-0.15, -0.1) is 12.4 Å². The molecule has 170 valence electrons. The van der Waals surface area contributed by atoms with Crippen LogP contribution < -0.4 is 15.8 Å². The van der Waals surface area contributed by atoms with Crippen LogP contribution in [0.1, 0.15) is 53.5 Å². The summed E-state index contributed by atoms with van der Waals surface area (Å²) in [5.74, 6) is -0.352. The fourth-order valence-electron chi connectivity index (χ4n) is 4.21. The number of halogens is 3. The molecule has 1 aliphatic rings. The van der Waals surface area contributed by atoms with E-state index in [4.69, 9.17) is 28.9 Å². The van der Waals surface area contributed by atoms with Gasteiger partial charge in [0, 0.05) is 18.4 Å². The number of carbonyl (C=O) groups is 1. The van der Waals surface area contributed by atoms with Crippen LogP contribution >= 0.6 is 35.6 Å². The molecule has 0 saturated carbocycles. The number of fused-ring (bicyclic) bond motifs is 1. The zero-order valence-corrected chi connectivity index (χ0v) is 20.4. The van der Waals surface area contributed by atoms with Crippen LogP contribution in [0, 0.1) is 0 Å². The molecular formula is C21H26Cl3N3O3S. The Labute approximate surface area is 199 Å². The Balaban J connectivity index is 0.00000341. The van der Waals surface area contributed by atoms with E-state index in [1.807, 2.05) is 25.2 Å². The van der Waals surface area contributed by atoms with E-state index in [1.54, 1.807) is 12.1 Å². The quantitative estimate of drug-likeness (QED) is 0.518. The monoisotopic (exact) mass is 505 g/mol. The molecule has 0 aliphatic heterocycles. The van der Waals surface area contributed by atoms with Gasteiger partial charge in [-0.2, -0.15) is 0 Å². The highest BCUT2D eigenvalue weighted by Crippen LogP contribution is 2.45. The van der Waals surface area contributed by atoms with Crippen LogP contribution in [-0.2, 0) is 21.2 Å². The lowest BCUT2D eigenvalue weighted by Crippen LogP contribution is -2.27. The van der Waals surface area contributed by atoms with Gasteiger partial charge in [-0.1, -0.05) is 35.3 Å². The Morgan fingerprint density at radius 1 is 1.16 bits per heavy atom. The Kier molecular flexibility index (Phi) is 8.64. The average molecular weight is 507 g/mol. The molecule has 10 heteroatoms. The Morgan fingerprint density at radius 3 is 2.45 bits per heavy atom. The summed E-state index contributed by atoms with van der Waals surface area (Å²) in [7, 11) is -1.61. The van der Waals surface area contributed by atoms with Crippen LogP contribution in [0.4, 0.5) is 5.69 Å². The number of benzene rings is 2. The third-order valence-electron chi connectivity index (χ3n) is 5.47. The first-order valence-electron chi connectivity index (χ1n) is 9.64. The lowest BCUT2D eigenvalue weighted by molar-refractivity contribution is -0.117. The summed E-state index contributed by atoms with van der Waals surface area (Å²) >= 11 is 12.4. The van der Waals surface area contributed by atoms with Crippen molar-refractivity contribution in [3.63, 3.8) is 0 Å². The second-order valence-electron chi connectivity index (χ2n) is 7.58. The summed E-state index contributed by atoms with van der Waals surface area (Å²) in [6, 6.07) is 9.38. The standard InChI is InChI=1S/C21H25Cl2N3O3S.ClH/c1-25-19-9-4-13(12-3-7-16(22)17(23)11-12)14-5-8-18(26-30(2,28)29)15(21(14)19)6-10-20(24)27;/h3,5,7-8,11,13,19,25-26H,4,6,9-10H2,1-2H3,(H2,24,27);1H/t13-,19-;/m0./s1. The average Bonchev–Trinajstić information content (AvgIpc) is 2.67. The lowest BCUT2D eigenvalue weighted by atomic mass is 9.74. The molecule has 0 bridgehead atoms. The van der Waals surface area contributed by atoms with Gasteiger partial charge in [0.25, 0.3) is 0 Å². The van der Waals surface area contributed by atoms with Crippen molar-refractivity contribution < 1.29 is 13.2 Å². The largest absolute Gasteiger partial charge is 0.370 e. The molecule has 0 radical (unpaired) electrons. The molecule has 6 nitrogen and oxygen atoms in total. The summed E-state index contributed by atoms with van der Waals surface area (Å²) in [6.45, 7) is 0. The number of nitrogens with one attached hydrogen (secondary N) is 2. The van der Waals surface area contributed by atoms with E-state index in [0.29, 0.717) is 22.2 Å². The molecule has 0 fully saturated rings. The zero-order chi connectivity index (χ0) is 22.1. The molecule has 0 heterocycles. The van der Waals surface area contributed by atoms with E-state index in [9.17, 15) is 13.2 Å². The van der Waals surface area contributed by atoms with Gasteiger partial charge < -0.3 is 11.1 Å². The molecule has 1 amide bonds. The van der Waals surface area contributed by atoms with Crippen molar-refractivity contribution in [3.05, 3.63) is 62.6 Å². The number of primary amides is 1. The Hall–Kier alpha value is -1.51. The second kappa shape index (κ2) is 10.4. The molecule has 0 aromatic heterocycles. The van der Waals surface area contributed by atoms with Gasteiger partial charge in [-0.05, 0) is 66.8 Å². The molecule has 4 N–H and O–H groups in total. The third kappa shape index (κ3) is 6.05. The van der Waals surface area contributed by atoms with Crippen LogP contribution in [0.2, 0.25) is 10.0 Å². The predicted octanol–water partition coefficient (Wildman–Crippen LogP) is 4.39. The van der Waals surface area contributed by atoms with E-state index in [1.165, 1.54) is 0 Å². The smallest absolute Gasteiger partial charge is 0.229 e. The van der Waals surface area contributed by atoms with E-state index in [2.05, 4.69) is 10.0 Å². The normalized spacial score (nSPS) is 18.1. The van der Waals surface area contributed by atoms with Crippen molar-refractivity contribution >= 4 is 57.2 Å². The molecular weight excluding hydrogens is 481 g/mol. The van der Waals surface area contributed by atoms with Crippen LogP contribution in [-0.4, -0.2) is 27.6 Å². The maximum atomic E-state index is 11.9. The van der Waals surface area contributed by atoms with Gasteiger partial charge in [-0.25, -0.2) is 8.42 Å². The first-order valence-corrected chi connectivity index (χ1v) is 12.3. The third-order valence-corrected chi connectivity index (χ3v) is 6.80. The molecule has 3 rings (SSSR count). The van der Waals surface area contributed by atoms with Gasteiger partial charge in [0.15, 0.2) is 0 Å². The topological polar surface area (TPSA) is 101 Å². The summed E-state index contributed by atoms with van der Waals surface area (Å²) < 4.78 is 26.4. The summed E-state index contributed by atoms with van der Waals surface area (Å²) in [6.07, 6.45) is 3.33. The maximum absolute atomic E-state index is 11.9. The molecule has 2 aromatic carbocycles. The number of carbonyl (C=O) groups excluding carboxylic acids is 1. The Morgan fingerprint density at radius 2 is 1.87 bits per heavy atom. The zero-order valence-electron chi connectivity index (χ0n) is 17.2. The van der Waals surface area contributed by atoms with E-state index < -0.39 is 15.9 Å². The Bertz CT molecular complexity index is 1080. The highest BCUT2D eigenvalue weighted by Gasteiger charge is 2.31. The molecule has 31 heavy (non-hydrogen) atoms. The highest BCUT2D eigenvalue weighted by molar-refractivity contribution is 7.92. The van der Waals surface area contributed by atoms with Crippen molar-refractivity contribution in [2.75, 3.05) is 18.0 Å². The molecule has 2 aromatic rings. The predicted molar refractivity (Wildman–Crippen MR) is 129 cm³/mol. The lowest BCUT2D eigenvalue weighted by Gasteiger charge is -2.35. The molecule has 1 aliphatic carbocycles. The van der Waals surface area contributed by atoms with Gasteiger partial charge in [0.2, 0.25) is 15.9 Å². The van der Waals surface area contributed by atoms with E-state index >= 15 is 0 Å². The van der Waals surface area contributed by atoms with Gasteiger partial charge >= 0.3 is 0 Å². The van der Waals surface area contributed by atoms with Gasteiger partial charge in [-0.3, -0.25) is 9.52 Å². The minimum Gasteiger partial charge on any atom is -0.370 e. The number of rotatable bonds is 7. The highest BCUT2D eigenvalue weighted by atomic mass is 35.5. The number of amides is 1. The minimum atomic E-state index is -3.48. The van der Waals surface area contributed by atoms with Crippen LogP contribution in [0.3, 0.4) is 0 Å². The van der Waals surface area contributed by atoms with Crippen molar-refractivity contribution in [2.45, 2.75) is 37.6 Å². The first kappa shape index (κ1) is 25.7. The summed E-state index contributed by atoms with van der Waals surface area (Å²) in [5.41, 5.74) is 9.80. The van der Waals surface area contributed by atoms with Crippen molar-refractivity contribution in [1.29, 1.82) is 0 Å². The second-order valence-corrected chi connectivity index (χ2v) is 10.1. The maximum Gasteiger partial charge on any atom is 0.229 e.